The SMILES string of the molecule is CCC(CCO)NC(=O)c1cn(CC)nc1C(C)C. The van der Waals surface area contributed by atoms with Crippen LogP contribution in [-0.2, 0) is 6.54 Å². The van der Waals surface area contributed by atoms with Crippen LogP contribution in [-0.4, -0.2) is 33.4 Å². The van der Waals surface area contributed by atoms with Crippen LogP contribution in [0.25, 0.3) is 0 Å². The van der Waals surface area contributed by atoms with Crippen LogP contribution in [0.1, 0.15) is 62.5 Å². The fourth-order valence-corrected chi connectivity index (χ4v) is 2.00. The molecule has 0 radical (unpaired) electrons. The molecule has 1 aromatic heterocycles. The number of aryl methyl sites for hydroxylation is 1. The lowest BCUT2D eigenvalue weighted by atomic mass is 10.1. The van der Waals surface area contributed by atoms with E-state index in [1.165, 1.54) is 0 Å². The Labute approximate surface area is 115 Å². The number of aliphatic hydroxyl groups excluding tert-OH is 1. The Morgan fingerprint density at radius 3 is 2.63 bits per heavy atom. The highest BCUT2D eigenvalue weighted by atomic mass is 16.3. The summed E-state index contributed by atoms with van der Waals surface area (Å²) in [4.78, 5) is 12.3. The molecular weight excluding hydrogens is 242 g/mol. The second-order valence-electron chi connectivity index (χ2n) is 5.03. The number of carbonyl (C=O) groups excluding carboxylic acids is 1. The van der Waals surface area contributed by atoms with E-state index in [0.29, 0.717) is 12.0 Å². The summed E-state index contributed by atoms with van der Waals surface area (Å²) in [5.41, 5.74) is 1.48. The van der Waals surface area contributed by atoms with Crippen LogP contribution < -0.4 is 5.32 Å². The minimum atomic E-state index is -0.0938. The van der Waals surface area contributed by atoms with Gasteiger partial charge in [0.1, 0.15) is 0 Å². The monoisotopic (exact) mass is 267 g/mol. The number of hydrogen-bond donors (Lipinski definition) is 2. The van der Waals surface area contributed by atoms with Crippen LogP contribution in [0.2, 0.25) is 0 Å². The molecule has 1 rings (SSSR count). The lowest BCUT2D eigenvalue weighted by Crippen LogP contribution is -2.35. The molecule has 0 aliphatic rings. The summed E-state index contributed by atoms with van der Waals surface area (Å²) in [5, 5.41) is 16.4. The Morgan fingerprint density at radius 2 is 2.16 bits per heavy atom. The summed E-state index contributed by atoms with van der Waals surface area (Å²) in [5.74, 6) is 0.121. The number of aromatic nitrogens is 2. The first-order valence-electron chi connectivity index (χ1n) is 7.02. The van der Waals surface area contributed by atoms with Crippen molar-refractivity contribution in [3.8, 4) is 0 Å². The topological polar surface area (TPSA) is 67.2 Å². The number of rotatable bonds is 7. The van der Waals surface area contributed by atoms with Crippen molar-refractivity contribution < 1.29 is 9.90 Å². The molecule has 1 heterocycles. The van der Waals surface area contributed by atoms with E-state index in [4.69, 9.17) is 5.11 Å². The zero-order chi connectivity index (χ0) is 14.4. The smallest absolute Gasteiger partial charge is 0.254 e. The minimum absolute atomic E-state index is 0.0162. The normalized spacial score (nSPS) is 12.7. The van der Waals surface area contributed by atoms with Crippen molar-refractivity contribution in [1.82, 2.24) is 15.1 Å². The van der Waals surface area contributed by atoms with Gasteiger partial charge in [0.05, 0.1) is 11.3 Å². The number of aliphatic hydroxyl groups is 1. The molecular formula is C14H25N3O2. The Balaban J connectivity index is 2.88. The molecule has 1 atom stereocenters. The maximum atomic E-state index is 12.3. The van der Waals surface area contributed by atoms with Gasteiger partial charge in [-0.3, -0.25) is 9.48 Å². The summed E-state index contributed by atoms with van der Waals surface area (Å²) in [6.07, 6.45) is 3.20. The largest absolute Gasteiger partial charge is 0.396 e. The number of nitrogens with one attached hydrogen (secondary N) is 1. The van der Waals surface area contributed by atoms with E-state index in [1.807, 2.05) is 27.7 Å². The van der Waals surface area contributed by atoms with Crippen LogP contribution in [0.15, 0.2) is 6.20 Å². The van der Waals surface area contributed by atoms with Crippen molar-refractivity contribution >= 4 is 5.91 Å². The molecule has 2 N–H and O–H groups in total. The molecule has 0 aliphatic carbocycles. The molecule has 0 saturated carbocycles. The highest BCUT2D eigenvalue weighted by Crippen LogP contribution is 2.18. The van der Waals surface area contributed by atoms with E-state index in [9.17, 15) is 4.79 Å². The standard InChI is InChI=1S/C14H25N3O2/c1-5-11(7-8-18)15-14(19)12-9-17(6-2)16-13(12)10(3)4/h9-11,18H,5-8H2,1-4H3,(H,15,19). The summed E-state index contributed by atoms with van der Waals surface area (Å²) >= 11 is 0. The van der Waals surface area contributed by atoms with Gasteiger partial charge >= 0.3 is 0 Å². The van der Waals surface area contributed by atoms with Crippen molar-refractivity contribution in [2.75, 3.05) is 6.61 Å². The van der Waals surface area contributed by atoms with Crippen molar-refractivity contribution in [2.45, 2.75) is 59.0 Å². The van der Waals surface area contributed by atoms with Gasteiger partial charge in [-0.25, -0.2) is 0 Å². The molecule has 5 nitrogen and oxygen atoms in total. The van der Waals surface area contributed by atoms with Gasteiger partial charge < -0.3 is 10.4 Å². The van der Waals surface area contributed by atoms with Gasteiger partial charge in [0.2, 0.25) is 0 Å². The Bertz CT molecular complexity index is 413. The molecule has 0 aliphatic heterocycles. The fraction of sp³-hybridized carbons (Fsp3) is 0.714. The van der Waals surface area contributed by atoms with Crippen molar-refractivity contribution in [3.63, 3.8) is 0 Å². The molecule has 1 aromatic rings. The third-order valence-corrected chi connectivity index (χ3v) is 3.21. The molecule has 1 unspecified atom stereocenters. The van der Waals surface area contributed by atoms with Crippen LogP contribution in [0.4, 0.5) is 0 Å². The quantitative estimate of drug-likeness (QED) is 0.793. The summed E-state index contributed by atoms with van der Waals surface area (Å²) in [6.45, 7) is 8.90. The van der Waals surface area contributed by atoms with Crippen molar-refractivity contribution in [1.29, 1.82) is 0 Å². The highest BCUT2D eigenvalue weighted by Gasteiger charge is 2.20. The van der Waals surface area contributed by atoms with Gasteiger partial charge in [0.15, 0.2) is 0 Å². The minimum Gasteiger partial charge on any atom is -0.396 e. The second-order valence-corrected chi connectivity index (χ2v) is 5.03. The molecule has 0 bridgehead atoms. The summed E-state index contributed by atoms with van der Waals surface area (Å²) < 4.78 is 1.79. The molecule has 0 spiro atoms. The van der Waals surface area contributed by atoms with Crippen LogP contribution in [0.3, 0.4) is 0 Å². The number of nitrogens with zero attached hydrogens (tertiary/aromatic N) is 2. The van der Waals surface area contributed by atoms with E-state index in [0.717, 1.165) is 18.7 Å². The third-order valence-electron chi connectivity index (χ3n) is 3.21. The summed E-state index contributed by atoms with van der Waals surface area (Å²) in [7, 11) is 0. The lowest BCUT2D eigenvalue weighted by Gasteiger charge is -2.15. The highest BCUT2D eigenvalue weighted by molar-refractivity contribution is 5.95. The molecule has 19 heavy (non-hydrogen) atoms. The molecule has 0 fully saturated rings. The average Bonchev–Trinajstić information content (AvgIpc) is 2.82. The van der Waals surface area contributed by atoms with Crippen LogP contribution in [0, 0.1) is 0 Å². The molecule has 5 heteroatoms. The number of carbonyl (C=O) groups is 1. The van der Waals surface area contributed by atoms with Gasteiger partial charge in [0, 0.05) is 25.4 Å². The molecule has 0 saturated heterocycles. The zero-order valence-corrected chi connectivity index (χ0v) is 12.3. The van der Waals surface area contributed by atoms with Crippen LogP contribution >= 0.6 is 0 Å². The van der Waals surface area contributed by atoms with Gasteiger partial charge in [-0.2, -0.15) is 5.10 Å². The maximum Gasteiger partial charge on any atom is 0.254 e. The van der Waals surface area contributed by atoms with Gasteiger partial charge in [0.25, 0.3) is 5.91 Å². The van der Waals surface area contributed by atoms with Crippen LogP contribution in [0.5, 0.6) is 0 Å². The first kappa shape index (κ1) is 15.7. The van der Waals surface area contributed by atoms with E-state index in [-0.39, 0.29) is 24.5 Å². The van der Waals surface area contributed by atoms with Gasteiger partial charge in [-0.15, -0.1) is 0 Å². The number of amides is 1. The Morgan fingerprint density at radius 1 is 1.47 bits per heavy atom. The van der Waals surface area contributed by atoms with E-state index in [1.54, 1.807) is 10.9 Å². The third kappa shape index (κ3) is 4.06. The van der Waals surface area contributed by atoms with Gasteiger partial charge in [-0.05, 0) is 25.7 Å². The van der Waals surface area contributed by atoms with E-state index < -0.39 is 0 Å². The lowest BCUT2D eigenvalue weighted by molar-refractivity contribution is 0.0927. The van der Waals surface area contributed by atoms with E-state index >= 15 is 0 Å². The number of hydrogen-bond acceptors (Lipinski definition) is 3. The first-order chi connectivity index (χ1) is 9.03. The van der Waals surface area contributed by atoms with Crippen molar-refractivity contribution in [2.24, 2.45) is 0 Å². The van der Waals surface area contributed by atoms with E-state index in [2.05, 4.69) is 10.4 Å². The fourth-order valence-electron chi connectivity index (χ4n) is 2.00. The van der Waals surface area contributed by atoms with Gasteiger partial charge in [-0.1, -0.05) is 20.8 Å². The molecule has 0 aromatic carbocycles. The Kier molecular flexibility index (Phi) is 6.02. The zero-order valence-electron chi connectivity index (χ0n) is 12.3. The molecule has 108 valence electrons. The second kappa shape index (κ2) is 7.28. The average molecular weight is 267 g/mol. The molecule has 1 amide bonds. The maximum absolute atomic E-state index is 12.3. The van der Waals surface area contributed by atoms with Crippen molar-refractivity contribution in [3.05, 3.63) is 17.5 Å². The Hall–Kier alpha value is -1.36. The predicted octanol–water partition coefficient (Wildman–Crippen LogP) is 1.92. The summed E-state index contributed by atoms with van der Waals surface area (Å²) in [6, 6.07) is 0.0162. The first-order valence-corrected chi connectivity index (χ1v) is 7.02. The predicted molar refractivity (Wildman–Crippen MR) is 75.2 cm³/mol.